The molecule has 0 atom stereocenters. The third-order valence-corrected chi connectivity index (χ3v) is 3.85. The van der Waals surface area contributed by atoms with Crippen LogP contribution in [0.1, 0.15) is 33.6 Å². The maximum Gasteiger partial charge on any atom is 0.168 e. The largest absolute Gasteiger partial charge is 0.388 e. The van der Waals surface area contributed by atoms with E-state index < -0.39 is 0 Å². The van der Waals surface area contributed by atoms with Gasteiger partial charge in [0.05, 0.1) is 4.91 Å². The number of ketones is 1. The van der Waals surface area contributed by atoms with Gasteiger partial charge in [-0.05, 0) is 32.4 Å². The number of unbranched alkanes of at least 4 members (excludes halogenated alkanes) is 1. The van der Waals surface area contributed by atoms with Gasteiger partial charge in [0.2, 0.25) is 0 Å². The predicted octanol–water partition coefficient (Wildman–Crippen LogP) is 3.99. The zero-order chi connectivity index (χ0) is 13.4. The smallest absolute Gasteiger partial charge is 0.168 e. The summed E-state index contributed by atoms with van der Waals surface area (Å²) in [6.45, 7) is 6.68. The molecule has 3 heteroatoms. The Morgan fingerprint density at radius 2 is 1.89 bits per heavy atom. The molecule has 0 heterocycles. The molecule has 1 aromatic carbocycles. The average Bonchev–Trinajstić information content (AvgIpc) is 2.37. The summed E-state index contributed by atoms with van der Waals surface area (Å²) in [4.78, 5) is 13.6. The van der Waals surface area contributed by atoms with E-state index in [1.165, 1.54) is 11.8 Å². The molecule has 1 rings (SSSR count). The second-order valence-corrected chi connectivity index (χ2v) is 5.29. The number of Topliss-reactive ketones (excluding diaryl/α,β-unsaturated/α-hetero) is 1. The van der Waals surface area contributed by atoms with Crippen molar-refractivity contribution in [1.82, 2.24) is 5.32 Å². The van der Waals surface area contributed by atoms with Crippen LogP contribution in [-0.2, 0) is 4.79 Å². The number of hydrogen-bond acceptors (Lipinski definition) is 3. The third-order valence-electron chi connectivity index (χ3n) is 2.54. The Balaban J connectivity index is 2.75. The Labute approximate surface area is 114 Å². The van der Waals surface area contributed by atoms with E-state index in [1.54, 1.807) is 6.92 Å². The topological polar surface area (TPSA) is 29.1 Å². The maximum absolute atomic E-state index is 11.7. The lowest BCUT2D eigenvalue weighted by Gasteiger charge is -2.11. The molecule has 0 saturated carbocycles. The van der Waals surface area contributed by atoms with Crippen molar-refractivity contribution < 1.29 is 4.79 Å². The Morgan fingerprint density at radius 3 is 2.44 bits per heavy atom. The first-order valence-electron chi connectivity index (χ1n) is 6.33. The van der Waals surface area contributed by atoms with Crippen LogP contribution >= 0.6 is 11.8 Å². The summed E-state index contributed by atoms with van der Waals surface area (Å²) < 4.78 is 0. The Morgan fingerprint density at radius 1 is 1.22 bits per heavy atom. The minimum Gasteiger partial charge on any atom is -0.388 e. The lowest BCUT2D eigenvalue weighted by molar-refractivity contribution is -0.113. The number of benzene rings is 1. The Hall–Kier alpha value is -1.22. The van der Waals surface area contributed by atoms with Crippen molar-refractivity contribution in [2.75, 3.05) is 6.54 Å². The second-order valence-electron chi connectivity index (χ2n) is 4.21. The molecule has 0 spiro atoms. The first-order chi connectivity index (χ1) is 8.65. The molecule has 2 nitrogen and oxygen atoms in total. The number of carbonyl (C=O) groups is 1. The van der Waals surface area contributed by atoms with Crippen LogP contribution in [0.3, 0.4) is 0 Å². The molecule has 0 aliphatic carbocycles. The van der Waals surface area contributed by atoms with Crippen LogP contribution in [-0.4, -0.2) is 12.3 Å². The van der Waals surface area contributed by atoms with Gasteiger partial charge >= 0.3 is 0 Å². The molecule has 0 aromatic heterocycles. The highest BCUT2D eigenvalue weighted by Crippen LogP contribution is 2.28. The highest BCUT2D eigenvalue weighted by molar-refractivity contribution is 8.04. The van der Waals surface area contributed by atoms with Gasteiger partial charge in [0.25, 0.3) is 0 Å². The minimum atomic E-state index is 0.116. The van der Waals surface area contributed by atoms with E-state index in [1.807, 2.05) is 37.3 Å². The fourth-order valence-electron chi connectivity index (χ4n) is 1.55. The highest BCUT2D eigenvalue weighted by atomic mass is 32.2. The summed E-state index contributed by atoms with van der Waals surface area (Å²) in [6.07, 6.45) is 2.28. The number of nitrogens with one attached hydrogen (secondary N) is 1. The number of thioether (sulfide) groups is 1. The monoisotopic (exact) mass is 263 g/mol. The van der Waals surface area contributed by atoms with Crippen molar-refractivity contribution in [3.63, 3.8) is 0 Å². The number of carbonyl (C=O) groups excluding carboxylic acids is 1. The van der Waals surface area contributed by atoms with Gasteiger partial charge in [-0.3, -0.25) is 4.79 Å². The van der Waals surface area contributed by atoms with Gasteiger partial charge in [-0.1, -0.05) is 43.3 Å². The molecule has 0 aliphatic heterocycles. The van der Waals surface area contributed by atoms with Crippen LogP contribution < -0.4 is 5.32 Å². The van der Waals surface area contributed by atoms with Gasteiger partial charge in [0.15, 0.2) is 5.78 Å². The van der Waals surface area contributed by atoms with Gasteiger partial charge in [-0.15, -0.1) is 0 Å². The Bertz CT molecular complexity index is 412. The molecule has 0 saturated heterocycles. The molecular weight excluding hydrogens is 242 g/mol. The fraction of sp³-hybridized carbons (Fsp3) is 0.400. The van der Waals surface area contributed by atoms with E-state index in [9.17, 15) is 4.79 Å². The van der Waals surface area contributed by atoms with Gasteiger partial charge in [0, 0.05) is 17.1 Å². The van der Waals surface area contributed by atoms with Crippen LogP contribution in [0.2, 0.25) is 0 Å². The van der Waals surface area contributed by atoms with E-state index >= 15 is 0 Å². The quantitative estimate of drug-likeness (QED) is 0.458. The molecule has 0 amide bonds. The highest BCUT2D eigenvalue weighted by Gasteiger charge is 2.10. The van der Waals surface area contributed by atoms with E-state index in [4.69, 9.17) is 0 Å². The van der Waals surface area contributed by atoms with Crippen molar-refractivity contribution in [2.24, 2.45) is 0 Å². The molecular formula is C15H21NOS. The van der Waals surface area contributed by atoms with Gasteiger partial charge in [0.1, 0.15) is 0 Å². The summed E-state index contributed by atoms with van der Waals surface area (Å²) >= 11 is 1.53. The van der Waals surface area contributed by atoms with Gasteiger partial charge in [-0.25, -0.2) is 0 Å². The third kappa shape index (κ3) is 4.96. The number of allylic oxidation sites excluding steroid dienone is 2. The van der Waals surface area contributed by atoms with Gasteiger partial charge in [-0.2, -0.15) is 0 Å². The van der Waals surface area contributed by atoms with Crippen molar-refractivity contribution in [3.05, 3.63) is 40.9 Å². The van der Waals surface area contributed by atoms with Crippen LogP contribution in [0.25, 0.3) is 0 Å². The second kappa shape index (κ2) is 7.98. The van der Waals surface area contributed by atoms with E-state index in [-0.39, 0.29) is 5.78 Å². The number of rotatable bonds is 7. The van der Waals surface area contributed by atoms with Crippen molar-refractivity contribution in [1.29, 1.82) is 0 Å². The van der Waals surface area contributed by atoms with E-state index in [2.05, 4.69) is 12.2 Å². The molecule has 0 unspecified atom stereocenters. The first kappa shape index (κ1) is 14.8. The van der Waals surface area contributed by atoms with Crippen LogP contribution in [0, 0.1) is 0 Å². The lowest BCUT2D eigenvalue weighted by atomic mass is 10.3. The lowest BCUT2D eigenvalue weighted by Crippen LogP contribution is -2.15. The molecule has 18 heavy (non-hydrogen) atoms. The molecule has 98 valence electrons. The SMILES string of the molecule is CCCCN/C(C)=C(/Sc1ccccc1)C(C)=O. The van der Waals surface area contributed by atoms with Crippen LogP contribution in [0.4, 0.5) is 0 Å². The van der Waals surface area contributed by atoms with E-state index in [0.717, 1.165) is 34.9 Å². The molecule has 0 fully saturated rings. The standard InChI is InChI=1S/C15H21NOS/c1-4-5-11-16-12(2)15(13(3)17)18-14-9-7-6-8-10-14/h6-10,16H,4-5,11H2,1-3H3/b15-12+. The average molecular weight is 263 g/mol. The summed E-state index contributed by atoms with van der Waals surface area (Å²) in [6, 6.07) is 9.99. The van der Waals surface area contributed by atoms with Crippen molar-refractivity contribution in [2.45, 2.75) is 38.5 Å². The zero-order valence-electron chi connectivity index (χ0n) is 11.3. The summed E-state index contributed by atoms with van der Waals surface area (Å²) in [5, 5.41) is 3.32. The first-order valence-corrected chi connectivity index (χ1v) is 7.15. The van der Waals surface area contributed by atoms with Gasteiger partial charge < -0.3 is 5.32 Å². The van der Waals surface area contributed by atoms with Crippen LogP contribution in [0.5, 0.6) is 0 Å². The molecule has 0 aliphatic rings. The summed E-state index contributed by atoms with van der Waals surface area (Å²) in [7, 11) is 0. The fourth-order valence-corrected chi connectivity index (χ4v) is 2.45. The normalized spacial score (nSPS) is 11.9. The Kier molecular flexibility index (Phi) is 6.58. The predicted molar refractivity (Wildman–Crippen MR) is 78.6 cm³/mol. The molecule has 0 radical (unpaired) electrons. The summed E-state index contributed by atoms with van der Waals surface area (Å²) in [5.41, 5.74) is 0.977. The molecule has 0 bridgehead atoms. The minimum absolute atomic E-state index is 0.116. The number of hydrogen-bond donors (Lipinski definition) is 1. The zero-order valence-corrected chi connectivity index (χ0v) is 12.1. The maximum atomic E-state index is 11.7. The van der Waals surface area contributed by atoms with Crippen LogP contribution in [0.15, 0.2) is 45.8 Å². The molecule has 1 N–H and O–H groups in total. The van der Waals surface area contributed by atoms with Crippen molar-refractivity contribution in [3.8, 4) is 0 Å². The summed E-state index contributed by atoms with van der Waals surface area (Å²) in [5.74, 6) is 0.116. The van der Waals surface area contributed by atoms with Crippen molar-refractivity contribution >= 4 is 17.5 Å². The molecule has 1 aromatic rings. The van der Waals surface area contributed by atoms with E-state index in [0.29, 0.717) is 0 Å².